The van der Waals surface area contributed by atoms with Crippen molar-refractivity contribution in [1.29, 1.82) is 0 Å². The molecule has 5 aromatic rings. The number of amides is 1. The first-order valence-corrected chi connectivity index (χ1v) is 11.7. The summed E-state index contributed by atoms with van der Waals surface area (Å²) in [4.78, 5) is 24.1. The number of fused-ring (bicyclic) bond motifs is 2. The van der Waals surface area contributed by atoms with Crippen molar-refractivity contribution in [2.24, 2.45) is 0 Å². The maximum Gasteiger partial charge on any atom is 0.270 e. The molecule has 6 rings (SSSR count). The quantitative estimate of drug-likeness (QED) is 0.405. The third-order valence-corrected chi connectivity index (χ3v) is 6.54. The average Bonchev–Trinajstić information content (AvgIpc) is 3.54. The Labute approximate surface area is 206 Å². The van der Waals surface area contributed by atoms with Crippen molar-refractivity contribution in [1.82, 2.24) is 24.9 Å². The van der Waals surface area contributed by atoms with Gasteiger partial charge in [-0.3, -0.25) is 4.79 Å². The number of nitrogens with zero attached hydrogens (tertiary/aromatic N) is 5. The minimum absolute atomic E-state index is 0.168. The fourth-order valence-electron chi connectivity index (χ4n) is 4.87. The lowest BCUT2D eigenvalue weighted by molar-refractivity contribution is 0.0935. The standard InChI is InChI=1S/C27H23FN6O2/c1-36-24-15-22(31-21-8-3-2-7-20(21)24)27(35)30-19-14-23(17-5-4-6-18(28)13-17)33(16-19)26-10-9-25-29-11-12-34(25)32-26/h2-13,15,19,23H,14,16H2,1H3,(H,30,35)/t19?,23-/m1/s1. The van der Waals surface area contributed by atoms with Gasteiger partial charge in [0.25, 0.3) is 5.91 Å². The van der Waals surface area contributed by atoms with Crippen LogP contribution in [0.4, 0.5) is 10.2 Å². The summed E-state index contributed by atoms with van der Waals surface area (Å²) in [6, 6.07) is 19.2. The van der Waals surface area contributed by atoms with Crippen LogP contribution in [0, 0.1) is 5.82 Å². The molecule has 1 N–H and O–H groups in total. The Bertz CT molecular complexity index is 1590. The molecular formula is C27H23FN6O2. The highest BCUT2D eigenvalue weighted by atomic mass is 19.1. The smallest absolute Gasteiger partial charge is 0.270 e. The summed E-state index contributed by atoms with van der Waals surface area (Å²) in [5, 5.41) is 8.65. The van der Waals surface area contributed by atoms with Crippen molar-refractivity contribution < 1.29 is 13.9 Å². The number of carbonyl (C=O) groups excluding carboxylic acids is 1. The molecule has 1 aliphatic heterocycles. The Morgan fingerprint density at radius 1 is 1.11 bits per heavy atom. The van der Waals surface area contributed by atoms with E-state index in [0.29, 0.717) is 24.2 Å². The maximum atomic E-state index is 14.1. The number of nitrogens with one attached hydrogen (secondary N) is 1. The molecule has 0 bridgehead atoms. The lowest BCUT2D eigenvalue weighted by Crippen LogP contribution is -2.37. The largest absolute Gasteiger partial charge is 0.496 e. The summed E-state index contributed by atoms with van der Waals surface area (Å²) >= 11 is 0. The highest BCUT2D eigenvalue weighted by Crippen LogP contribution is 2.36. The first-order valence-electron chi connectivity index (χ1n) is 11.7. The number of benzene rings is 2. The van der Waals surface area contributed by atoms with Gasteiger partial charge in [0.05, 0.1) is 18.7 Å². The van der Waals surface area contributed by atoms with E-state index in [1.54, 1.807) is 36.2 Å². The molecule has 4 heterocycles. The molecule has 0 saturated carbocycles. The van der Waals surface area contributed by atoms with E-state index in [9.17, 15) is 9.18 Å². The van der Waals surface area contributed by atoms with Crippen molar-refractivity contribution in [2.45, 2.75) is 18.5 Å². The van der Waals surface area contributed by atoms with Gasteiger partial charge in [0.15, 0.2) is 5.65 Å². The van der Waals surface area contributed by atoms with E-state index in [2.05, 4.69) is 25.3 Å². The molecule has 1 amide bonds. The van der Waals surface area contributed by atoms with Crippen LogP contribution in [0.2, 0.25) is 0 Å². The van der Waals surface area contributed by atoms with Crippen molar-refractivity contribution >= 4 is 28.3 Å². The monoisotopic (exact) mass is 482 g/mol. The SMILES string of the molecule is COc1cc(C(=O)NC2C[C@H](c3cccc(F)c3)N(c3ccc4nccn4n3)C2)nc2ccccc12. The van der Waals surface area contributed by atoms with Gasteiger partial charge in [-0.15, -0.1) is 5.10 Å². The topological polar surface area (TPSA) is 84.7 Å². The van der Waals surface area contributed by atoms with Crippen molar-refractivity contribution in [3.63, 3.8) is 0 Å². The number of rotatable bonds is 5. The van der Waals surface area contributed by atoms with Gasteiger partial charge < -0.3 is 15.0 Å². The van der Waals surface area contributed by atoms with Crippen LogP contribution < -0.4 is 15.0 Å². The zero-order valence-electron chi connectivity index (χ0n) is 19.5. The van der Waals surface area contributed by atoms with E-state index in [1.807, 2.05) is 42.5 Å². The van der Waals surface area contributed by atoms with E-state index in [0.717, 1.165) is 22.4 Å². The molecule has 8 nitrogen and oxygen atoms in total. The molecule has 1 fully saturated rings. The predicted molar refractivity (Wildman–Crippen MR) is 134 cm³/mol. The average molecular weight is 483 g/mol. The first-order chi connectivity index (χ1) is 17.6. The zero-order valence-corrected chi connectivity index (χ0v) is 19.5. The Balaban J connectivity index is 1.31. The fraction of sp³-hybridized carbons (Fsp3) is 0.185. The lowest BCUT2D eigenvalue weighted by atomic mass is 10.0. The summed E-state index contributed by atoms with van der Waals surface area (Å²) in [6.07, 6.45) is 4.06. The van der Waals surface area contributed by atoms with Gasteiger partial charge in [-0.05, 0) is 48.4 Å². The van der Waals surface area contributed by atoms with E-state index in [1.165, 1.54) is 12.1 Å². The molecule has 0 aliphatic carbocycles. The van der Waals surface area contributed by atoms with Gasteiger partial charge in [0.1, 0.15) is 23.1 Å². The Morgan fingerprint density at radius 2 is 2.00 bits per heavy atom. The number of para-hydroxylation sites is 1. The van der Waals surface area contributed by atoms with Crippen LogP contribution in [0.15, 0.2) is 79.1 Å². The number of methoxy groups -OCH3 is 1. The summed E-state index contributed by atoms with van der Waals surface area (Å²) in [5.41, 5.74) is 2.53. The summed E-state index contributed by atoms with van der Waals surface area (Å²) in [6.45, 7) is 0.505. The van der Waals surface area contributed by atoms with Crippen molar-refractivity contribution in [3.8, 4) is 5.75 Å². The zero-order chi connectivity index (χ0) is 24.6. The number of pyridine rings is 1. The number of halogens is 1. The van der Waals surface area contributed by atoms with E-state index in [-0.39, 0.29) is 29.5 Å². The predicted octanol–water partition coefficient (Wildman–Crippen LogP) is 4.18. The van der Waals surface area contributed by atoms with Crippen LogP contribution in [0.3, 0.4) is 0 Å². The Kier molecular flexibility index (Phi) is 5.44. The van der Waals surface area contributed by atoms with Crippen LogP contribution in [-0.4, -0.2) is 45.2 Å². The number of hydrogen-bond acceptors (Lipinski definition) is 6. The number of ether oxygens (including phenoxy) is 1. The molecule has 2 aromatic carbocycles. The molecule has 36 heavy (non-hydrogen) atoms. The third kappa shape index (κ3) is 3.98. The van der Waals surface area contributed by atoms with Crippen molar-refractivity contribution in [2.75, 3.05) is 18.6 Å². The van der Waals surface area contributed by atoms with E-state index in [4.69, 9.17) is 4.74 Å². The van der Waals surface area contributed by atoms with Gasteiger partial charge in [0, 0.05) is 36.4 Å². The van der Waals surface area contributed by atoms with Gasteiger partial charge in [-0.1, -0.05) is 24.3 Å². The highest BCUT2D eigenvalue weighted by molar-refractivity contribution is 5.97. The Morgan fingerprint density at radius 3 is 2.86 bits per heavy atom. The highest BCUT2D eigenvalue weighted by Gasteiger charge is 2.35. The molecule has 0 spiro atoms. The molecule has 0 radical (unpaired) electrons. The molecule has 9 heteroatoms. The van der Waals surface area contributed by atoms with E-state index >= 15 is 0 Å². The maximum absolute atomic E-state index is 14.1. The van der Waals surface area contributed by atoms with Crippen LogP contribution in [0.5, 0.6) is 5.75 Å². The lowest BCUT2D eigenvalue weighted by Gasteiger charge is -2.25. The number of carbonyl (C=O) groups is 1. The second-order valence-electron chi connectivity index (χ2n) is 8.78. The summed E-state index contributed by atoms with van der Waals surface area (Å²) in [5.74, 6) is 0.721. The van der Waals surface area contributed by atoms with Gasteiger partial charge in [0.2, 0.25) is 0 Å². The molecule has 1 aliphatic rings. The first kappa shape index (κ1) is 22.0. The fourth-order valence-corrected chi connectivity index (χ4v) is 4.87. The van der Waals surface area contributed by atoms with E-state index < -0.39 is 0 Å². The van der Waals surface area contributed by atoms with Crippen LogP contribution in [-0.2, 0) is 0 Å². The summed E-state index contributed by atoms with van der Waals surface area (Å²) in [7, 11) is 1.58. The number of imidazole rings is 1. The van der Waals surface area contributed by atoms with Crippen LogP contribution >= 0.6 is 0 Å². The van der Waals surface area contributed by atoms with Crippen LogP contribution in [0.1, 0.15) is 28.5 Å². The second kappa shape index (κ2) is 8.92. The molecule has 1 saturated heterocycles. The molecule has 1 unspecified atom stereocenters. The van der Waals surface area contributed by atoms with Gasteiger partial charge >= 0.3 is 0 Å². The number of hydrogen-bond donors (Lipinski definition) is 1. The van der Waals surface area contributed by atoms with Gasteiger partial charge in [-0.2, -0.15) is 0 Å². The minimum Gasteiger partial charge on any atom is -0.496 e. The minimum atomic E-state index is -0.301. The molecular weight excluding hydrogens is 459 g/mol. The Hall–Kier alpha value is -4.53. The number of aromatic nitrogens is 4. The molecule has 2 atom stereocenters. The third-order valence-electron chi connectivity index (χ3n) is 6.54. The van der Waals surface area contributed by atoms with Crippen molar-refractivity contribution in [3.05, 3.63) is 96.2 Å². The molecule has 180 valence electrons. The second-order valence-corrected chi connectivity index (χ2v) is 8.78. The summed E-state index contributed by atoms with van der Waals surface area (Å²) < 4.78 is 21.3. The normalized spacial score (nSPS) is 17.6. The molecule has 3 aromatic heterocycles. The van der Waals surface area contributed by atoms with Gasteiger partial charge in [-0.25, -0.2) is 18.9 Å². The number of anilines is 1. The van der Waals surface area contributed by atoms with Crippen LogP contribution in [0.25, 0.3) is 16.6 Å².